The molecule has 280 valence electrons. The van der Waals surface area contributed by atoms with E-state index in [1.807, 2.05) is 0 Å². The fourth-order valence-corrected chi connectivity index (χ4v) is 9.94. The van der Waals surface area contributed by atoms with Crippen LogP contribution in [-0.2, 0) is 9.59 Å². The SMILES string of the molecule is COc1ccc(C2CN(C)C3(C(=O)c4ccccc4C3=O)C2C(=O)CC(=O)C2CN(C)C3(C(=O)c4ccccc4C3=O)C2c2ccc(O)c(OC)c2)cc1O. The molecule has 4 aromatic carbocycles. The molecule has 12 heteroatoms. The van der Waals surface area contributed by atoms with E-state index in [1.54, 1.807) is 78.5 Å². The molecular formula is C43H38N2O10. The molecule has 2 saturated heterocycles. The van der Waals surface area contributed by atoms with Crippen molar-refractivity contribution in [1.82, 2.24) is 9.80 Å². The predicted octanol–water partition coefficient (Wildman–Crippen LogP) is 4.27. The Balaban J connectivity index is 1.23. The van der Waals surface area contributed by atoms with Gasteiger partial charge in [-0.15, -0.1) is 0 Å². The van der Waals surface area contributed by atoms with Crippen molar-refractivity contribution in [1.29, 1.82) is 0 Å². The molecule has 4 atom stereocenters. The number of Topliss-reactive ketones (excluding diaryl/α,β-unsaturated/α-hetero) is 6. The average Bonchev–Trinajstić information content (AvgIpc) is 3.82. The molecule has 0 saturated carbocycles. The zero-order chi connectivity index (χ0) is 39.1. The van der Waals surface area contributed by atoms with Crippen LogP contribution in [0.5, 0.6) is 23.0 Å². The van der Waals surface area contributed by atoms with Crippen molar-refractivity contribution in [3.63, 3.8) is 0 Å². The molecule has 12 nitrogen and oxygen atoms in total. The van der Waals surface area contributed by atoms with Gasteiger partial charge in [-0.25, -0.2) is 0 Å². The fourth-order valence-electron chi connectivity index (χ4n) is 9.94. The topological polar surface area (TPSA) is 168 Å². The van der Waals surface area contributed by atoms with Crippen molar-refractivity contribution in [2.24, 2.45) is 11.8 Å². The minimum atomic E-state index is -1.96. The van der Waals surface area contributed by atoms with Gasteiger partial charge >= 0.3 is 0 Å². The Morgan fingerprint density at radius 3 is 1.67 bits per heavy atom. The summed E-state index contributed by atoms with van der Waals surface area (Å²) in [5.41, 5.74) is -2.15. The van der Waals surface area contributed by atoms with E-state index in [0.29, 0.717) is 11.1 Å². The number of ether oxygens (including phenoxy) is 2. The average molecular weight is 743 g/mol. The number of benzene rings is 4. The zero-order valence-electron chi connectivity index (χ0n) is 30.6. The van der Waals surface area contributed by atoms with Crippen molar-refractivity contribution in [3.8, 4) is 23.0 Å². The minimum absolute atomic E-state index is 0.0687. The Kier molecular flexibility index (Phi) is 8.39. The minimum Gasteiger partial charge on any atom is -0.504 e. The van der Waals surface area contributed by atoms with Gasteiger partial charge in [-0.05, 0) is 49.5 Å². The maximum Gasteiger partial charge on any atom is 0.192 e. The van der Waals surface area contributed by atoms with Crippen LogP contribution in [-0.4, -0.2) is 107 Å². The highest BCUT2D eigenvalue weighted by Crippen LogP contribution is 2.55. The van der Waals surface area contributed by atoms with Gasteiger partial charge in [0, 0.05) is 53.1 Å². The second-order valence-electron chi connectivity index (χ2n) is 14.8. The second kappa shape index (κ2) is 12.8. The molecule has 0 bridgehead atoms. The third-order valence-corrected chi connectivity index (χ3v) is 12.4. The van der Waals surface area contributed by atoms with Crippen LogP contribution in [0.3, 0.4) is 0 Å². The summed E-state index contributed by atoms with van der Waals surface area (Å²) in [5, 5.41) is 21.2. The number of hydrogen-bond donors (Lipinski definition) is 2. The number of phenolic OH excluding ortho intramolecular Hbond substituents is 2. The molecule has 2 fully saturated rings. The van der Waals surface area contributed by atoms with E-state index in [0.717, 1.165) is 0 Å². The Morgan fingerprint density at radius 2 is 1.15 bits per heavy atom. The highest BCUT2D eigenvalue weighted by molar-refractivity contribution is 6.36. The van der Waals surface area contributed by atoms with Gasteiger partial charge in [0.1, 0.15) is 11.6 Å². The molecule has 2 N–H and O–H groups in total. The van der Waals surface area contributed by atoms with Crippen LogP contribution in [0.25, 0.3) is 0 Å². The lowest BCUT2D eigenvalue weighted by atomic mass is 9.68. The van der Waals surface area contributed by atoms with E-state index < -0.39 is 75.9 Å². The molecule has 2 spiro atoms. The van der Waals surface area contributed by atoms with E-state index in [1.165, 1.54) is 44.6 Å². The molecule has 2 aliphatic carbocycles. The van der Waals surface area contributed by atoms with Crippen molar-refractivity contribution >= 4 is 34.7 Å². The van der Waals surface area contributed by atoms with Gasteiger partial charge in [0.05, 0.1) is 26.6 Å². The smallest absolute Gasteiger partial charge is 0.192 e. The molecule has 0 amide bonds. The summed E-state index contributed by atoms with van der Waals surface area (Å²) in [6.45, 7) is 0.00847. The number of carbonyl (C=O) groups excluding carboxylic acids is 6. The molecule has 4 aliphatic rings. The van der Waals surface area contributed by atoms with E-state index in [4.69, 9.17) is 9.47 Å². The second-order valence-corrected chi connectivity index (χ2v) is 14.8. The number of aromatic hydroxyl groups is 2. The molecule has 8 rings (SSSR count). The highest BCUT2D eigenvalue weighted by Gasteiger charge is 2.69. The molecule has 55 heavy (non-hydrogen) atoms. The Labute approximate surface area is 316 Å². The number of hydrogen-bond acceptors (Lipinski definition) is 12. The number of likely N-dealkylation sites (N-methyl/N-ethyl adjacent to an activating group) is 2. The van der Waals surface area contributed by atoms with Crippen LogP contribution < -0.4 is 9.47 Å². The van der Waals surface area contributed by atoms with Gasteiger partial charge in [0.15, 0.2) is 57.2 Å². The molecular weight excluding hydrogens is 704 g/mol. The predicted molar refractivity (Wildman–Crippen MR) is 197 cm³/mol. The van der Waals surface area contributed by atoms with Gasteiger partial charge in [-0.3, -0.25) is 38.6 Å². The van der Waals surface area contributed by atoms with E-state index >= 15 is 4.79 Å². The summed E-state index contributed by atoms with van der Waals surface area (Å²) in [6.07, 6.45) is -0.717. The van der Waals surface area contributed by atoms with Gasteiger partial charge in [0.2, 0.25) is 0 Å². The van der Waals surface area contributed by atoms with E-state index in [-0.39, 0.29) is 58.3 Å². The van der Waals surface area contributed by atoms with Crippen LogP contribution >= 0.6 is 0 Å². The normalized spacial score (nSPS) is 23.8. The van der Waals surface area contributed by atoms with Crippen LogP contribution in [0.1, 0.15) is 70.8 Å². The summed E-state index contributed by atoms with van der Waals surface area (Å²) >= 11 is 0. The molecule has 4 aromatic rings. The van der Waals surface area contributed by atoms with Crippen molar-refractivity contribution in [2.75, 3.05) is 41.4 Å². The summed E-state index contributed by atoms with van der Waals surface area (Å²) in [5.74, 6) is -7.76. The van der Waals surface area contributed by atoms with Crippen molar-refractivity contribution in [2.45, 2.75) is 29.3 Å². The maximum atomic E-state index is 15.0. The van der Waals surface area contributed by atoms with E-state index in [9.17, 15) is 34.2 Å². The number of methoxy groups -OCH3 is 2. The number of nitrogens with zero attached hydrogens (tertiary/aromatic N) is 2. The van der Waals surface area contributed by atoms with Crippen LogP contribution in [0.15, 0.2) is 84.9 Å². The van der Waals surface area contributed by atoms with Gasteiger partial charge in [-0.2, -0.15) is 0 Å². The number of carbonyl (C=O) groups is 6. The van der Waals surface area contributed by atoms with E-state index in [2.05, 4.69) is 0 Å². The molecule has 0 aromatic heterocycles. The third kappa shape index (κ3) is 4.77. The van der Waals surface area contributed by atoms with Crippen LogP contribution in [0.4, 0.5) is 0 Å². The maximum absolute atomic E-state index is 15.0. The van der Waals surface area contributed by atoms with Gasteiger partial charge in [0.25, 0.3) is 0 Å². The zero-order valence-corrected chi connectivity index (χ0v) is 30.6. The molecule has 2 aliphatic heterocycles. The summed E-state index contributed by atoms with van der Waals surface area (Å²) in [4.78, 5) is 90.9. The fraction of sp³-hybridized carbons (Fsp3) is 0.302. The first-order valence-corrected chi connectivity index (χ1v) is 17.9. The van der Waals surface area contributed by atoms with Gasteiger partial charge < -0.3 is 19.7 Å². The quantitative estimate of drug-likeness (QED) is 0.247. The number of fused-ring (bicyclic) bond motifs is 2. The lowest BCUT2D eigenvalue weighted by molar-refractivity contribution is -0.132. The number of rotatable bonds is 8. The highest BCUT2D eigenvalue weighted by atomic mass is 16.5. The first-order chi connectivity index (χ1) is 26.3. The molecule has 4 unspecified atom stereocenters. The lowest BCUT2D eigenvalue weighted by Crippen LogP contribution is -2.57. The monoisotopic (exact) mass is 742 g/mol. The summed E-state index contributed by atoms with van der Waals surface area (Å²) in [6, 6.07) is 21.9. The van der Waals surface area contributed by atoms with Crippen LogP contribution in [0.2, 0.25) is 0 Å². The standard InChI is InChI=1S/C43H38N2O10/c1-44-20-28(22-14-16-34(54-3)32(48)17-22)37(43(44)40(52)26-11-7-8-12-27(26)41(43)53)33(49)19-31(47)29-21-45(2)42(36(29)23-13-15-30(46)35(18-23)55-4)38(50)24-9-5-6-10-25(24)39(42)51/h5-18,28-29,36-37,46,48H,19-21H2,1-4H3. The Morgan fingerprint density at radius 1 is 0.636 bits per heavy atom. The number of phenols is 2. The lowest BCUT2D eigenvalue weighted by Gasteiger charge is -2.35. The number of ketones is 6. The molecule has 0 radical (unpaired) electrons. The first-order valence-electron chi connectivity index (χ1n) is 17.9. The van der Waals surface area contributed by atoms with Crippen molar-refractivity contribution < 1.29 is 48.5 Å². The summed E-state index contributed by atoms with van der Waals surface area (Å²) < 4.78 is 10.6. The summed E-state index contributed by atoms with van der Waals surface area (Å²) in [7, 11) is 5.96. The van der Waals surface area contributed by atoms with Crippen LogP contribution in [0, 0.1) is 11.8 Å². The van der Waals surface area contributed by atoms with Gasteiger partial charge in [-0.1, -0.05) is 60.7 Å². The Bertz CT molecular complexity index is 2300. The number of likely N-dealkylation sites (tertiary alicyclic amines) is 2. The Hall–Kier alpha value is -5.98. The largest absolute Gasteiger partial charge is 0.504 e. The third-order valence-electron chi connectivity index (χ3n) is 12.4. The first kappa shape index (κ1) is 36.0. The van der Waals surface area contributed by atoms with Crippen molar-refractivity contribution in [3.05, 3.63) is 118 Å². The molecule has 2 heterocycles.